The van der Waals surface area contributed by atoms with Crippen molar-refractivity contribution in [3.8, 4) is 17.2 Å². The molecule has 2 aromatic rings. The second-order valence-electron chi connectivity index (χ2n) is 6.36. The predicted molar refractivity (Wildman–Crippen MR) is 108 cm³/mol. The number of rotatable bonds is 6. The molecule has 7 nitrogen and oxygen atoms in total. The number of methoxy groups -OCH3 is 3. The van der Waals surface area contributed by atoms with E-state index in [9.17, 15) is 9.59 Å². The number of hydrogen-bond acceptors (Lipinski definition) is 6. The van der Waals surface area contributed by atoms with Gasteiger partial charge in [-0.2, -0.15) is 0 Å². The van der Waals surface area contributed by atoms with E-state index in [2.05, 4.69) is 10.6 Å². The third kappa shape index (κ3) is 3.64. The Balaban J connectivity index is 1.98. The van der Waals surface area contributed by atoms with Crippen molar-refractivity contribution in [2.75, 3.05) is 33.7 Å². The van der Waals surface area contributed by atoms with Crippen molar-refractivity contribution in [2.45, 2.75) is 25.7 Å². The van der Waals surface area contributed by atoms with Gasteiger partial charge in [-0.25, -0.2) is 0 Å². The molecule has 0 radical (unpaired) electrons. The molecule has 2 amide bonds. The lowest BCUT2D eigenvalue weighted by Gasteiger charge is -2.14. The number of ether oxygens (including phenoxy) is 3. The van der Waals surface area contributed by atoms with Crippen LogP contribution in [0, 0.1) is 0 Å². The molecule has 0 unspecified atom stereocenters. The molecule has 0 saturated carbocycles. The lowest BCUT2D eigenvalue weighted by Crippen LogP contribution is -2.22. The van der Waals surface area contributed by atoms with Gasteiger partial charge in [-0.1, -0.05) is 0 Å². The summed E-state index contributed by atoms with van der Waals surface area (Å²) in [5.74, 6) is 0.676. The summed E-state index contributed by atoms with van der Waals surface area (Å²) in [7, 11) is 6.10. The number of thiophene rings is 1. The molecular formula is C20H24N2O5S. The van der Waals surface area contributed by atoms with Gasteiger partial charge in [-0.05, 0) is 43.4 Å². The van der Waals surface area contributed by atoms with Crippen LogP contribution in [0.3, 0.4) is 0 Å². The average Bonchev–Trinajstić information content (AvgIpc) is 3.09. The van der Waals surface area contributed by atoms with Gasteiger partial charge in [0.05, 0.1) is 26.9 Å². The molecule has 1 aromatic carbocycles. The van der Waals surface area contributed by atoms with Crippen molar-refractivity contribution in [2.24, 2.45) is 0 Å². The smallest absolute Gasteiger partial charge is 0.256 e. The quantitative estimate of drug-likeness (QED) is 0.772. The normalized spacial score (nSPS) is 12.7. The summed E-state index contributed by atoms with van der Waals surface area (Å²) in [6, 6.07) is 3.17. The number of nitrogens with one attached hydrogen (secondary N) is 2. The molecule has 0 atom stereocenters. The first-order chi connectivity index (χ1) is 13.5. The van der Waals surface area contributed by atoms with E-state index in [-0.39, 0.29) is 11.8 Å². The Morgan fingerprint density at radius 1 is 0.964 bits per heavy atom. The van der Waals surface area contributed by atoms with E-state index in [1.807, 2.05) is 0 Å². The second kappa shape index (κ2) is 8.52. The van der Waals surface area contributed by atoms with Gasteiger partial charge >= 0.3 is 0 Å². The third-order valence-corrected chi connectivity index (χ3v) is 5.99. The molecule has 0 spiro atoms. The van der Waals surface area contributed by atoms with Gasteiger partial charge < -0.3 is 24.8 Å². The van der Waals surface area contributed by atoms with E-state index in [0.29, 0.717) is 33.4 Å². The Labute approximate surface area is 168 Å². The zero-order valence-corrected chi connectivity index (χ0v) is 17.2. The highest BCUT2D eigenvalue weighted by molar-refractivity contribution is 7.17. The van der Waals surface area contributed by atoms with E-state index in [0.717, 1.165) is 31.2 Å². The van der Waals surface area contributed by atoms with Crippen LogP contribution >= 0.6 is 11.3 Å². The summed E-state index contributed by atoms with van der Waals surface area (Å²) in [5, 5.41) is 6.16. The zero-order chi connectivity index (χ0) is 20.3. The first-order valence-electron chi connectivity index (χ1n) is 9.02. The molecular weight excluding hydrogens is 380 g/mol. The zero-order valence-electron chi connectivity index (χ0n) is 16.4. The van der Waals surface area contributed by atoms with Gasteiger partial charge in [0.15, 0.2) is 11.5 Å². The number of anilines is 1. The molecule has 1 aliphatic rings. The molecule has 0 aliphatic heterocycles. The van der Waals surface area contributed by atoms with E-state index in [1.54, 1.807) is 19.2 Å². The van der Waals surface area contributed by atoms with Crippen molar-refractivity contribution >= 4 is 28.2 Å². The lowest BCUT2D eigenvalue weighted by atomic mass is 9.95. The maximum atomic E-state index is 12.9. The summed E-state index contributed by atoms with van der Waals surface area (Å²) in [5.41, 5.74) is 1.97. The molecule has 1 heterocycles. The summed E-state index contributed by atoms with van der Waals surface area (Å²) in [6.07, 6.45) is 3.94. The number of carbonyl (C=O) groups excluding carboxylic acids is 2. The third-order valence-electron chi connectivity index (χ3n) is 4.78. The minimum absolute atomic E-state index is 0.181. The first-order valence-corrected chi connectivity index (χ1v) is 9.83. The van der Waals surface area contributed by atoms with Crippen molar-refractivity contribution in [3.05, 3.63) is 33.7 Å². The van der Waals surface area contributed by atoms with Crippen molar-refractivity contribution in [1.29, 1.82) is 0 Å². The van der Waals surface area contributed by atoms with Gasteiger partial charge in [0.25, 0.3) is 11.8 Å². The van der Waals surface area contributed by atoms with Crippen LogP contribution in [0.4, 0.5) is 5.00 Å². The Bertz CT molecular complexity index is 881. The fraction of sp³-hybridized carbons (Fsp3) is 0.400. The summed E-state index contributed by atoms with van der Waals surface area (Å²) < 4.78 is 15.9. The van der Waals surface area contributed by atoms with Crippen LogP contribution in [-0.2, 0) is 12.8 Å². The first kappa shape index (κ1) is 20.0. The molecule has 0 fully saturated rings. The Kier molecular flexibility index (Phi) is 6.08. The highest BCUT2D eigenvalue weighted by atomic mass is 32.1. The van der Waals surface area contributed by atoms with Crippen LogP contribution < -0.4 is 24.8 Å². The average molecular weight is 404 g/mol. The molecule has 0 bridgehead atoms. The SMILES string of the molecule is CNC(=O)c1c(NC(=O)c2cc(OC)c(OC)c(OC)c2)sc2c1CCCC2. The summed E-state index contributed by atoms with van der Waals surface area (Å²) in [6.45, 7) is 0. The molecule has 2 N–H and O–H groups in total. The standard InChI is InChI=1S/C20H24N2O5S/c1-21-19(24)16-12-7-5-6-8-15(12)28-20(16)22-18(23)11-9-13(25-2)17(27-4)14(10-11)26-3/h9-10H,5-8H2,1-4H3,(H,21,24)(H,22,23). The van der Waals surface area contributed by atoms with Gasteiger partial charge in [0, 0.05) is 17.5 Å². The van der Waals surface area contributed by atoms with E-state index in [4.69, 9.17) is 14.2 Å². The van der Waals surface area contributed by atoms with Gasteiger partial charge in [0.2, 0.25) is 5.75 Å². The number of hydrogen-bond donors (Lipinski definition) is 2. The van der Waals surface area contributed by atoms with Crippen molar-refractivity contribution < 1.29 is 23.8 Å². The van der Waals surface area contributed by atoms with E-state index < -0.39 is 0 Å². The van der Waals surface area contributed by atoms with Crippen LogP contribution in [0.1, 0.15) is 44.0 Å². The van der Waals surface area contributed by atoms with Crippen molar-refractivity contribution in [3.63, 3.8) is 0 Å². The number of fused-ring (bicyclic) bond motifs is 1. The minimum atomic E-state index is -0.344. The fourth-order valence-corrected chi connectivity index (χ4v) is 4.69. The minimum Gasteiger partial charge on any atom is -0.493 e. The Morgan fingerprint density at radius 3 is 2.18 bits per heavy atom. The van der Waals surface area contributed by atoms with Crippen LogP contribution in [0.5, 0.6) is 17.2 Å². The largest absolute Gasteiger partial charge is 0.493 e. The van der Waals surface area contributed by atoms with Gasteiger partial charge in [-0.3, -0.25) is 9.59 Å². The second-order valence-corrected chi connectivity index (χ2v) is 7.47. The number of carbonyl (C=O) groups is 2. The number of benzene rings is 1. The Morgan fingerprint density at radius 2 is 1.61 bits per heavy atom. The van der Waals surface area contributed by atoms with Gasteiger partial charge in [-0.15, -0.1) is 11.3 Å². The van der Waals surface area contributed by atoms with Crippen LogP contribution in [0.2, 0.25) is 0 Å². The predicted octanol–water partition coefficient (Wildman–Crippen LogP) is 3.26. The monoisotopic (exact) mass is 404 g/mol. The highest BCUT2D eigenvalue weighted by Crippen LogP contribution is 2.40. The Hall–Kier alpha value is -2.74. The van der Waals surface area contributed by atoms with E-state index >= 15 is 0 Å². The molecule has 1 aromatic heterocycles. The van der Waals surface area contributed by atoms with Crippen LogP contribution in [0.15, 0.2) is 12.1 Å². The van der Waals surface area contributed by atoms with Crippen LogP contribution in [0.25, 0.3) is 0 Å². The molecule has 1 aliphatic carbocycles. The topological polar surface area (TPSA) is 85.9 Å². The molecule has 3 rings (SSSR count). The van der Waals surface area contributed by atoms with Crippen molar-refractivity contribution in [1.82, 2.24) is 5.32 Å². The molecule has 0 saturated heterocycles. The number of aryl methyl sites for hydroxylation is 1. The maximum Gasteiger partial charge on any atom is 0.256 e. The lowest BCUT2D eigenvalue weighted by molar-refractivity contribution is 0.0963. The van der Waals surface area contributed by atoms with E-state index in [1.165, 1.54) is 37.5 Å². The molecule has 8 heteroatoms. The summed E-state index contributed by atoms with van der Waals surface area (Å²) >= 11 is 1.48. The maximum absolute atomic E-state index is 12.9. The van der Waals surface area contributed by atoms with Gasteiger partial charge in [0.1, 0.15) is 5.00 Å². The fourth-order valence-electron chi connectivity index (χ4n) is 3.41. The summed E-state index contributed by atoms with van der Waals surface area (Å²) in [4.78, 5) is 26.6. The number of amides is 2. The van der Waals surface area contributed by atoms with Crippen LogP contribution in [-0.4, -0.2) is 40.2 Å². The molecule has 150 valence electrons. The highest BCUT2D eigenvalue weighted by Gasteiger charge is 2.26. The molecule has 28 heavy (non-hydrogen) atoms.